The zero-order valence-electron chi connectivity index (χ0n) is 8.76. The zero-order chi connectivity index (χ0) is 12.8. The number of benzene rings is 1. The molecule has 0 unspecified atom stereocenters. The first-order chi connectivity index (χ1) is 8.00. The molecule has 0 atom stereocenters. The van der Waals surface area contributed by atoms with Crippen molar-refractivity contribution in [2.45, 2.75) is 0 Å². The van der Waals surface area contributed by atoms with E-state index in [1.54, 1.807) is 35.7 Å². The third kappa shape index (κ3) is 4.46. The topological polar surface area (TPSA) is 89.3 Å². The lowest BCUT2D eigenvalue weighted by Crippen LogP contribution is -1.91. The Morgan fingerprint density at radius 1 is 1.12 bits per heavy atom. The molecule has 17 heavy (non-hydrogen) atoms. The van der Waals surface area contributed by atoms with Crippen molar-refractivity contribution in [2.75, 3.05) is 11.5 Å². The highest BCUT2D eigenvalue weighted by Crippen LogP contribution is 2.21. The lowest BCUT2D eigenvalue weighted by Gasteiger charge is -1.90. The van der Waals surface area contributed by atoms with E-state index in [1.165, 1.54) is 11.3 Å². The summed E-state index contributed by atoms with van der Waals surface area (Å²) in [5.41, 5.74) is 12.2. The maximum atomic E-state index is 10.3. The van der Waals surface area contributed by atoms with Gasteiger partial charge in [0.1, 0.15) is 4.88 Å². The number of anilines is 2. The molecule has 2 rings (SSSR count). The monoisotopic (exact) mass is 314 g/mol. The van der Waals surface area contributed by atoms with Gasteiger partial charge in [-0.05, 0) is 51.6 Å². The van der Waals surface area contributed by atoms with Crippen LogP contribution in [0.1, 0.15) is 9.67 Å². The van der Waals surface area contributed by atoms with Crippen LogP contribution in [0, 0.1) is 0 Å². The molecule has 0 aliphatic carbocycles. The highest BCUT2D eigenvalue weighted by Gasteiger charge is 2.07. The fourth-order valence-electron chi connectivity index (χ4n) is 0.942. The predicted molar refractivity (Wildman–Crippen MR) is 74.2 cm³/mol. The van der Waals surface area contributed by atoms with E-state index >= 15 is 0 Å². The van der Waals surface area contributed by atoms with Gasteiger partial charge in [0.2, 0.25) is 0 Å². The Labute approximate surface area is 111 Å². The second kappa shape index (κ2) is 6.27. The van der Waals surface area contributed by atoms with Gasteiger partial charge in [-0.15, -0.1) is 11.3 Å². The number of rotatable bonds is 1. The summed E-state index contributed by atoms with van der Waals surface area (Å²) in [7, 11) is 0. The molecule has 5 N–H and O–H groups in total. The Morgan fingerprint density at radius 2 is 1.59 bits per heavy atom. The lowest BCUT2D eigenvalue weighted by molar-refractivity contribution is 0.0701. The predicted octanol–water partition coefficient (Wildman–Crippen LogP) is 3.06. The number of halogens is 1. The van der Waals surface area contributed by atoms with Gasteiger partial charge in [-0.25, -0.2) is 4.79 Å². The molecule has 0 fully saturated rings. The van der Waals surface area contributed by atoms with Crippen molar-refractivity contribution in [3.63, 3.8) is 0 Å². The molecule has 1 aromatic heterocycles. The summed E-state index contributed by atoms with van der Waals surface area (Å²) in [6, 6.07) is 8.81. The van der Waals surface area contributed by atoms with E-state index in [4.69, 9.17) is 16.6 Å². The smallest absolute Gasteiger partial charge is 0.347 e. The van der Waals surface area contributed by atoms with E-state index in [0.717, 1.165) is 11.4 Å². The van der Waals surface area contributed by atoms with Crippen molar-refractivity contribution < 1.29 is 9.90 Å². The molecule has 0 aliphatic rings. The molecule has 0 radical (unpaired) electrons. The molecular weight excluding hydrogens is 304 g/mol. The summed E-state index contributed by atoms with van der Waals surface area (Å²) in [6.07, 6.45) is 0. The number of hydrogen-bond acceptors (Lipinski definition) is 4. The van der Waals surface area contributed by atoms with Gasteiger partial charge in [0.25, 0.3) is 0 Å². The van der Waals surface area contributed by atoms with Crippen molar-refractivity contribution in [1.29, 1.82) is 0 Å². The zero-order valence-corrected chi connectivity index (χ0v) is 11.2. The summed E-state index contributed by atoms with van der Waals surface area (Å²) in [5.74, 6) is -0.878. The maximum absolute atomic E-state index is 10.3. The number of hydrogen-bond donors (Lipinski definition) is 3. The van der Waals surface area contributed by atoms with Gasteiger partial charge in [-0.1, -0.05) is 0 Å². The van der Waals surface area contributed by atoms with Gasteiger partial charge in [-0.3, -0.25) is 0 Å². The van der Waals surface area contributed by atoms with E-state index in [2.05, 4.69) is 15.9 Å². The third-order valence-corrected chi connectivity index (χ3v) is 3.57. The van der Waals surface area contributed by atoms with E-state index in [9.17, 15) is 4.79 Å². The standard InChI is InChI=1S/C6H8N2.C5H3BrO2S/c7-5-1-2-6(8)4-3-5;6-3-1-2-9-4(3)5(7)8/h1-4H,7-8H2;1-2H,(H,7,8). The molecule has 2 aromatic rings. The van der Waals surface area contributed by atoms with Crippen LogP contribution in [-0.4, -0.2) is 11.1 Å². The molecular formula is C11H11BrN2O2S. The molecule has 0 bridgehead atoms. The van der Waals surface area contributed by atoms with Crippen LogP contribution in [0.5, 0.6) is 0 Å². The summed E-state index contributed by atoms with van der Waals surface area (Å²) in [6.45, 7) is 0. The van der Waals surface area contributed by atoms with Crippen LogP contribution in [-0.2, 0) is 0 Å². The number of nitrogen functional groups attached to an aromatic ring is 2. The number of carbonyl (C=O) groups is 1. The van der Waals surface area contributed by atoms with Crippen LogP contribution in [0.15, 0.2) is 40.2 Å². The molecule has 1 aromatic carbocycles. The minimum absolute atomic E-state index is 0.356. The highest BCUT2D eigenvalue weighted by molar-refractivity contribution is 9.10. The summed E-state index contributed by atoms with van der Waals surface area (Å²) in [4.78, 5) is 10.6. The van der Waals surface area contributed by atoms with E-state index < -0.39 is 5.97 Å². The number of carboxylic acid groups (broad SMARTS) is 1. The van der Waals surface area contributed by atoms with Crippen LogP contribution < -0.4 is 11.5 Å². The van der Waals surface area contributed by atoms with Crippen LogP contribution in [0.25, 0.3) is 0 Å². The number of nitrogens with two attached hydrogens (primary N) is 2. The van der Waals surface area contributed by atoms with Crippen molar-refractivity contribution in [3.05, 3.63) is 45.1 Å². The van der Waals surface area contributed by atoms with Gasteiger partial charge in [0.15, 0.2) is 0 Å². The second-order valence-corrected chi connectivity index (χ2v) is 4.84. The molecule has 6 heteroatoms. The molecule has 90 valence electrons. The maximum Gasteiger partial charge on any atom is 0.347 e. The molecule has 4 nitrogen and oxygen atoms in total. The van der Waals surface area contributed by atoms with Crippen LogP contribution in [0.3, 0.4) is 0 Å². The fraction of sp³-hybridized carbons (Fsp3) is 0. The van der Waals surface area contributed by atoms with Crippen molar-refractivity contribution in [3.8, 4) is 0 Å². The SMILES string of the molecule is Nc1ccc(N)cc1.O=C(O)c1sccc1Br. The van der Waals surface area contributed by atoms with Crippen LogP contribution in [0.2, 0.25) is 0 Å². The van der Waals surface area contributed by atoms with Gasteiger partial charge < -0.3 is 16.6 Å². The second-order valence-electron chi connectivity index (χ2n) is 3.07. The molecule has 0 saturated heterocycles. The molecule has 1 heterocycles. The quantitative estimate of drug-likeness (QED) is 0.706. The lowest BCUT2D eigenvalue weighted by atomic mass is 10.3. The van der Waals surface area contributed by atoms with E-state index in [1.807, 2.05) is 0 Å². The summed E-state index contributed by atoms with van der Waals surface area (Å²) >= 11 is 4.31. The van der Waals surface area contributed by atoms with Crippen molar-refractivity contribution in [2.24, 2.45) is 0 Å². The number of carboxylic acids is 1. The van der Waals surface area contributed by atoms with Gasteiger partial charge in [0.05, 0.1) is 0 Å². The van der Waals surface area contributed by atoms with Gasteiger partial charge in [0, 0.05) is 15.8 Å². The van der Waals surface area contributed by atoms with Crippen molar-refractivity contribution >= 4 is 44.6 Å². The first kappa shape index (κ1) is 13.5. The Hall–Kier alpha value is -1.53. The third-order valence-electron chi connectivity index (χ3n) is 1.75. The minimum atomic E-state index is -0.878. The van der Waals surface area contributed by atoms with Gasteiger partial charge >= 0.3 is 5.97 Å². The molecule has 0 spiro atoms. The highest BCUT2D eigenvalue weighted by atomic mass is 79.9. The van der Waals surface area contributed by atoms with E-state index in [-0.39, 0.29) is 0 Å². The average Bonchev–Trinajstić information content (AvgIpc) is 2.70. The fourth-order valence-corrected chi connectivity index (χ4v) is 2.32. The van der Waals surface area contributed by atoms with Gasteiger partial charge in [-0.2, -0.15) is 0 Å². The Bertz CT molecular complexity index is 475. The van der Waals surface area contributed by atoms with E-state index in [0.29, 0.717) is 9.35 Å². The Balaban J connectivity index is 0.000000171. The average molecular weight is 315 g/mol. The first-order valence-corrected chi connectivity index (χ1v) is 6.25. The number of aromatic carboxylic acids is 1. The Morgan fingerprint density at radius 3 is 1.82 bits per heavy atom. The van der Waals surface area contributed by atoms with Crippen molar-refractivity contribution in [1.82, 2.24) is 0 Å². The molecule has 0 amide bonds. The Kier molecular flexibility index (Phi) is 4.99. The minimum Gasteiger partial charge on any atom is -0.477 e. The normalized spacial score (nSPS) is 9.24. The van der Waals surface area contributed by atoms with Crippen LogP contribution >= 0.6 is 27.3 Å². The molecule has 0 saturated carbocycles. The first-order valence-electron chi connectivity index (χ1n) is 4.58. The summed E-state index contributed by atoms with van der Waals surface area (Å²) in [5, 5.41) is 10.2. The molecule has 0 aliphatic heterocycles. The summed E-state index contributed by atoms with van der Waals surface area (Å²) < 4.78 is 0.653. The number of thiophene rings is 1. The largest absolute Gasteiger partial charge is 0.477 e. The van der Waals surface area contributed by atoms with Crippen LogP contribution in [0.4, 0.5) is 11.4 Å².